The van der Waals surface area contributed by atoms with Crippen LogP contribution in [0.5, 0.6) is 5.75 Å². The van der Waals surface area contributed by atoms with E-state index in [-0.39, 0.29) is 24.5 Å². The van der Waals surface area contributed by atoms with Gasteiger partial charge in [-0.25, -0.2) is 0 Å². The number of hydrogen-bond acceptors (Lipinski definition) is 4. The second kappa shape index (κ2) is 8.86. The minimum absolute atomic E-state index is 0.0647. The number of hydrogen-bond donors (Lipinski definition) is 1. The van der Waals surface area contributed by atoms with Crippen LogP contribution in [0.15, 0.2) is 12.1 Å². The maximum atomic E-state index is 12.4. The van der Waals surface area contributed by atoms with Crippen LogP contribution in [0, 0.1) is 0 Å². The number of benzene rings is 1. The molecule has 3 rings (SSSR count). The van der Waals surface area contributed by atoms with Crippen molar-refractivity contribution in [2.75, 3.05) is 32.8 Å². The minimum Gasteiger partial charge on any atom is -0.482 e. The van der Waals surface area contributed by atoms with E-state index in [1.807, 2.05) is 6.92 Å². The highest BCUT2D eigenvalue weighted by Crippen LogP contribution is 2.33. The molecule has 1 aliphatic heterocycles. The predicted molar refractivity (Wildman–Crippen MR) is 106 cm³/mol. The molecule has 148 valence electrons. The smallest absolute Gasteiger partial charge is 0.260 e. The van der Waals surface area contributed by atoms with Crippen LogP contribution in [0.2, 0.25) is 15.1 Å². The van der Waals surface area contributed by atoms with Gasteiger partial charge in [-0.3, -0.25) is 14.5 Å². The van der Waals surface area contributed by atoms with Crippen molar-refractivity contribution in [2.45, 2.75) is 31.8 Å². The molecule has 1 unspecified atom stereocenters. The fourth-order valence-electron chi connectivity index (χ4n) is 2.92. The fraction of sp³-hybridized carbons (Fsp3) is 0.556. The van der Waals surface area contributed by atoms with Crippen molar-refractivity contribution >= 4 is 46.6 Å². The van der Waals surface area contributed by atoms with Gasteiger partial charge in [0.1, 0.15) is 5.75 Å². The summed E-state index contributed by atoms with van der Waals surface area (Å²) in [4.78, 5) is 28.4. The number of piperazine rings is 1. The van der Waals surface area contributed by atoms with E-state index in [4.69, 9.17) is 39.5 Å². The first kappa shape index (κ1) is 20.5. The number of carbonyl (C=O) groups excluding carboxylic acids is 2. The summed E-state index contributed by atoms with van der Waals surface area (Å²) in [5, 5.41) is 3.97. The van der Waals surface area contributed by atoms with Crippen molar-refractivity contribution in [2.24, 2.45) is 0 Å². The molecule has 2 amide bonds. The van der Waals surface area contributed by atoms with E-state index in [0.717, 1.165) is 12.8 Å². The molecular weight excluding hydrogens is 413 g/mol. The molecule has 9 heteroatoms. The molecule has 6 nitrogen and oxygen atoms in total. The third-order valence-electron chi connectivity index (χ3n) is 4.84. The van der Waals surface area contributed by atoms with Crippen molar-refractivity contribution in [3.05, 3.63) is 27.2 Å². The van der Waals surface area contributed by atoms with Gasteiger partial charge in [0.05, 0.1) is 21.1 Å². The van der Waals surface area contributed by atoms with E-state index in [1.165, 1.54) is 12.1 Å². The lowest BCUT2D eigenvalue weighted by Crippen LogP contribution is -2.55. The number of rotatable bonds is 6. The Balaban J connectivity index is 1.45. The van der Waals surface area contributed by atoms with Gasteiger partial charge in [0.25, 0.3) is 5.91 Å². The van der Waals surface area contributed by atoms with E-state index >= 15 is 0 Å². The SMILES string of the molecule is CC(C(=O)NC1CC1)N1CCN(C(=O)COc2cc(Cl)c(Cl)cc2Cl)CC1. The summed E-state index contributed by atoms with van der Waals surface area (Å²) in [7, 11) is 0. The first-order valence-corrected chi connectivity index (χ1v) is 10.1. The molecule has 1 heterocycles. The summed E-state index contributed by atoms with van der Waals surface area (Å²) >= 11 is 17.9. The largest absolute Gasteiger partial charge is 0.482 e. The van der Waals surface area contributed by atoms with Gasteiger partial charge >= 0.3 is 0 Å². The van der Waals surface area contributed by atoms with Gasteiger partial charge in [-0.05, 0) is 25.8 Å². The van der Waals surface area contributed by atoms with Crippen LogP contribution in [-0.4, -0.2) is 66.5 Å². The third kappa shape index (κ3) is 5.41. The molecule has 2 fully saturated rings. The fourth-order valence-corrected chi connectivity index (χ4v) is 3.51. The van der Waals surface area contributed by atoms with E-state index in [9.17, 15) is 9.59 Å². The Bertz CT molecular complexity index is 719. The lowest BCUT2D eigenvalue weighted by molar-refractivity contribution is -0.136. The van der Waals surface area contributed by atoms with Crippen molar-refractivity contribution in [1.82, 2.24) is 15.1 Å². The number of ether oxygens (including phenoxy) is 1. The van der Waals surface area contributed by atoms with Crippen molar-refractivity contribution < 1.29 is 14.3 Å². The Morgan fingerprint density at radius 1 is 1.11 bits per heavy atom. The zero-order valence-electron chi connectivity index (χ0n) is 15.0. The van der Waals surface area contributed by atoms with E-state index in [1.54, 1.807) is 4.90 Å². The summed E-state index contributed by atoms with van der Waals surface area (Å²) < 4.78 is 5.51. The number of nitrogens with one attached hydrogen (secondary N) is 1. The van der Waals surface area contributed by atoms with Crippen LogP contribution in [0.3, 0.4) is 0 Å². The van der Waals surface area contributed by atoms with Crippen LogP contribution in [0.1, 0.15) is 19.8 Å². The monoisotopic (exact) mass is 433 g/mol. The summed E-state index contributed by atoms with van der Waals surface area (Å²) in [6.45, 7) is 4.19. The summed E-state index contributed by atoms with van der Waals surface area (Å²) in [5.74, 6) is 0.255. The highest BCUT2D eigenvalue weighted by Gasteiger charge is 2.31. The van der Waals surface area contributed by atoms with Gasteiger partial charge in [0.2, 0.25) is 5.91 Å². The molecule has 1 aromatic rings. The lowest BCUT2D eigenvalue weighted by atomic mass is 10.2. The number of nitrogens with zero attached hydrogens (tertiary/aromatic N) is 2. The van der Waals surface area contributed by atoms with Gasteiger partial charge in [-0.15, -0.1) is 0 Å². The molecule has 1 aromatic carbocycles. The van der Waals surface area contributed by atoms with Crippen LogP contribution in [0.4, 0.5) is 0 Å². The van der Waals surface area contributed by atoms with Gasteiger partial charge in [-0.1, -0.05) is 34.8 Å². The summed E-state index contributed by atoms with van der Waals surface area (Å²) in [6, 6.07) is 3.15. The van der Waals surface area contributed by atoms with Crippen LogP contribution in [0.25, 0.3) is 0 Å². The van der Waals surface area contributed by atoms with E-state index < -0.39 is 0 Å². The number of carbonyl (C=O) groups is 2. The highest BCUT2D eigenvalue weighted by molar-refractivity contribution is 6.43. The first-order valence-electron chi connectivity index (χ1n) is 8.94. The molecule has 27 heavy (non-hydrogen) atoms. The van der Waals surface area contributed by atoms with Crippen LogP contribution in [-0.2, 0) is 9.59 Å². The quantitative estimate of drug-likeness (QED) is 0.700. The van der Waals surface area contributed by atoms with Crippen molar-refractivity contribution in [3.8, 4) is 5.75 Å². The average Bonchev–Trinajstić information content (AvgIpc) is 3.46. The van der Waals surface area contributed by atoms with Crippen molar-refractivity contribution in [3.63, 3.8) is 0 Å². The lowest BCUT2D eigenvalue weighted by Gasteiger charge is -2.37. The summed E-state index contributed by atoms with van der Waals surface area (Å²) in [5.41, 5.74) is 0. The Kier molecular flexibility index (Phi) is 6.74. The molecular formula is C18H22Cl3N3O3. The maximum absolute atomic E-state index is 12.4. The highest BCUT2D eigenvalue weighted by atomic mass is 35.5. The maximum Gasteiger partial charge on any atom is 0.260 e. The van der Waals surface area contributed by atoms with Gasteiger partial charge in [0.15, 0.2) is 6.61 Å². The Hall–Kier alpha value is -1.21. The standard InChI is InChI=1S/C18H22Cl3N3O3/c1-11(18(26)22-12-2-3-12)23-4-6-24(7-5-23)17(25)10-27-16-9-14(20)13(19)8-15(16)21/h8-9,11-12H,2-7,10H2,1H3,(H,22,26). The van der Waals surface area contributed by atoms with Crippen LogP contribution >= 0.6 is 34.8 Å². The van der Waals surface area contributed by atoms with Crippen molar-refractivity contribution in [1.29, 1.82) is 0 Å². The summed E-state index contributed by atoms with van der Waals surface area (Å²) in [6.07, 6.45) is 2.15. The topological polar surface area (TPSA) is 61.9 Å². The molecule has 1 saturated heterocycles. The Morgan fingerprint density at radius 3 is 2.37 bits per heavy atom. The second-order valence-corrected chi connectivity index (χ2v) is 8.08. The third-order valence-corrected chi connectivity index (χ3v) is 5.86. The normalized spacial score (nSPS) is 18.9. The van der Waals surface area contributed by atoms with E-state index in [2.05, 4.69) is 10.2 Å². The number of amides is 2. The molecule has 0 radical (unpaired) electrons. The molecule has 0 bridgehead atoms. The van der Waals surface area contributed by atoms with Crippen LogP contribution < -0.4 is 10.1 Å². The molecule has 1 saturated carbocycles. The zero-order valence-corrected chi connectivity index (χ0v) is 17.3. The predicted octanol–water partition coefficient (Wildman–Crippen LogP) is 2.84. The minimum atomic E-state index is -0.186. The molecule has 1 atom stereocenters. The zero-order chi connectivity index (χ0) is 19.6. The van der Waals surface area contributed by atoms with E-state index in [0.29, 0.717) is 53.0 Å². The van der Waals surface area contributed by atoms with Gasteiger partial charge in [-0.2, -0.15) is 0 Å². The number of halogens is 3. The molecule has 2 aliphatic rings. The first-order chi connectivity index (χ1) is 12.8. The molecule has 1 N–H and O–H groups in total. The second-order valence-electron chi connectivity index (χ2n) is 6.86. The average molecular weight is 435 g/mol. The van der Waals surface area contributed by atoms with Gasteiger partial charge < -0.3 is 15.0 Å². The molecule has 0 spiro atoms. The molecule has 0 aromatic heterocycles. The Labute approximate surface area is 173 Å². The van der Waals surface area contributed by atoms with Gasteiger partial charge in [0, 0.05) is 38.3 Å². The molecule has 1 aliphatic carbocycles. The Morgan fingerprint density at radius 2 is 1.74 bits per heavy atom.